The average Bonchev–Trinajstić information content (AvgIpc) is 3.15. The Bertz CT molecular complexity index is 383. The molecule has 0 saturated heterocycles. The number of aliphatic hydroxyl groups excluding tert-OH is 1. The van der Waals surface area contributed by atoms with Crippen molar-refractivity contribution >= 4 is 17.4 Å². The van der Waals surface area contributed by atoms with E-state index in [9.17, 15) is 0 Å². The molecule has 1 heterocycles. The van der Waals surface area contributed by atoms with E-state index in [4.69, 9.17) is 21.4 Å². The number of aromatic nitrogens is 1. The number of halogens is 1. The highest BCUT2D eigenvalue weighted by atomic mass is 35.5. The van der Waals surface area contributed by atoms with Crippen LogP contribution in [0.15, 0.2) is 12.3 Å². The number of anilines is 1. The van der Waals surface area contributed by atoms with Gasteiger partial charge in [0.25, 0.3) is 0 Å². The van der Waals surface area contributed by atoms with Crippen molar-refractivity contribution in [1.82, 2.24) is 4.98 Å². The van der Waals surface area contributed by atoms with Crippen LogP contribution in [0.25, 0.3) is 0 Å². The molecule has 0 atom stereocenters. The fourth-order valence-corrected chi connectivity index (χ4v) is 2.10. The van der Waals surface area contributed by atoms with E-state index in [-0.39, 0.29) is 6.61 Å². The molecular formula is C12H17ClN2O2. The van der Waals surface area contributed by atoms with Crippen molar-refractivity contribution in [1.29, 1.82) is 0 Å². The van der Waals surface area contributed by atoms with Gasteiger partial charge in [-0.3, -0.25) is 0 Å². The zero-order valence-corrected chi connectivity index (χ0v) is 10.7. The van der Waals surface area contributed by atoms with E-state index in [2.05, 4.69) is 9.88 Å². The topological polar surface area (TPSA) is 45.6 Å². The highest BCUT2D eigenvalue weighted by Gasteiger charge is 2.30. The molecule has 0 aliphatic heterocycles. The summed E-state index contributed by atoms with van der Waals surface area (Å²) in [5, 5.41) is 9.62. The molecule has 4 nitrogen and oxygen atoms in total. The maximum Gasteiger partial charge on any atom is 0.147 e. The number of nitrogens with zero attached hydrogens (tertiary/aromatic N) is 2. The third-order valence-corrected chi connectivity index (χ3v) is 3.14. The Kier molecular flexibility index (Phi) is 4.20. The van der Waals surface area contributed by atoms with Gasteiger partial charge in [0.05, 0.1) is 18.2 Å². The second-order valence-corrected chi connectivity index (χ2v) is 4.63. The summed E-state index contributed by atoms with van der Waals surface area (Å²) in [6, 6.07) is 2.31. The SMILES string of the molecule is COCCN(c1ncc(CO)cc1Cl)C1CC1. The van der Waals surface area contributed by atoms with Crippen LogP contribution >= 0.6 is 11.6 Å². The lowest BCUT2D eigenvalue weighted by atomic mass is 10.3. The maximum absolute atomic E-state index is 9.02. The summed E-state index contributed by atoms with van der Waals surface area (Å²) >= 11 is 6.20. The Balaban J connectivity index is 2.16. The Labute approximate surface area is 106 Å². The molecule has 1 aromatic rings. The lowest BCUT2D eigenvalue weighted by Crippen LogP contribution is -2.30. The summed E-state index contributed by atoms with van der Waals surface area (Å²) in [7, 11) is 1.69. The highest BCUT2D eigenvalue weighted by Crippen LogP contribution is 2.34. The summed E-state index contributed by atoms with van der Waals surface area (Å²) < 4.78 is 5.10. The fourth-order valence-electron chi connectivity index (χ4n) is 1.81. The first-order valence-electron chi connectivity index (χ1n) is 5.77. The first-order valence-corrected chi connectivity index (χ1v) is 6.15. The van der Waals surface area contributed by atoms with Gasteiger partial charge in [0.2, 0.25) is 0 Å². The van der Waals surface area contributed by atoms with Gasteiger partial charge in [0, 0.05) is 25.9 Å². The number of pyridine rings is 1. The maximum atomic E-state index is 9.02. The lowest BCUT2D eigenvalue weighted by molar-refractivity contribution is 0.204. The number of methoxy groups -OCH3 is 1. The number of ether oxygens (including phenoxy) is 1. The summed E-state index contributed by atoms with van der Waals surface area (Å²) in [4.78, 5) is 6.53. The molecule has 1 aliphatic carbocycles. The van der Waals surface area contributed by atoms with Crippen LogP contribution in [0.4, 0.5) is 5.82 Å². The zero-order chi connectivity index (χ0) is 12.3. The van der Waals surface area contributed by atoms with Gasteiger partial charge in [0.1, 0.15) is 5.82 Å². The number of hydrogen-bond acceptors (Lipinski definition) is 4. The molecule has 94 valence electrons. The highest BCUT2D eigenvalue weighted by molar-refractivity contribution is 6.33. The molecule has 1 aromatic heterocycles. The third-order valence-electron chi connectivity index (χ3n) is 2.86. The van der Waals surface area contributed by atoms with Crippen molar-refractivity contribution in [2.75, 3.05) is 25.2 Å². The van der Waals surface area contributed by atoms with Gasteiger partial charge in [-0.25, -0.2) is 4.98 Å². The first-order chi connectivity index (χ1) is 8.26. The standard InChI is InChI=1S/C12H17ClN2O2/c1-17-5-4-15(10-2-3-10)12-11(13)6-9(8-16)7-14-12/h6-7,10,16H,2-5,8H2,1H3. The quantitative estimate of drug-likeness (QED) is 0.844. The van der Waals surface area contributed by atoms with Crippen molar-refractivity contribution in [2.24, 2.45) is 0 Å². The van der Waals surface area contributed by atoms with Crippen molar-refractivity contribution in [3.8, 4) is 0 Å². The van der Waals surface area contributed by atoms with Crippen LogP contribution in [0.5, 0.6) is 0 Å². The van der Waals surface area contributed by atoms with Gasteiger partial charge in [-0.1, -0.05) is 11.6 Å². The van der Waals surface area contributed by atoms with Crippen molar-refractivity contribution < 1.29 is 9.84 Å². The monoisotopic (exact) mass is 256 g/mol. The van der Waals surface area contributed by atoms with E-state index in [0.29, 0.717) is 17.7 Å². The second kappa shape index (κ2) is 5.67. The Morgan fingerprint density at radius 1 is 1.59 bits per heavy atom. The molecule has 0 spiro atoms. The van der Waals surface area contributed by atoms with Gasteiger partial charge < -0.3 is 14.7 Å². The summed E-state index contributed by atoms with van der Waals surface area (Å²) in [5.41, 5.74) is 0.737. The summed E-state index contributed by atoms with van der Waals surface area (Å²) in [6.45, 7) is 1.43. The summed E-state index contributed by atoms with van der Waals surface area (Å²) in [5.74, 6) is 0.795. The molecular weight excluding hydrogens is 240 g/mol. The summed E-state index contributed by atoms with van der Waals surface area (Å²) in [6.07, 6.45) is 4.04. The molecule has 0 aromatic carbocycles. The molecule has 0 bridgehead atoms. The molecule has 2 rings (SSSR count). The molecule has 0 amide bonds. The van der Waals surface area contributed by atoms with E-state index in [1.165, 1.54) is 12.8 Å². The predicted octanol–water partition coefficient (Wildman–Crippen LogP) is 1.84. The molecule has 17 heavy (non-hydrogen) atoms. The Morgan fingerprint density at radius 2 is 2.35 bits per heavy atom. The predicted molar refractivity (Wildman–Crippen MR) is 67.4 cm³/mol. The average molecular weight is 257 g/mol. The van der Waals surface area contributed by atoms with Gasteiger partial charge in [-0.2, -0.15) is 0 Å². The minimum atomic E-state index is -0.0332. The zero-order valence-electron chi connectivity index (χ0n) is 9.90. The second-order valence-electron chi connectivity index (χ2n) is 4.22. The third kappa shape index (κ3) is 3.09. The molecule has 0 radical (unpaired) electrons. The number of rotatable bonds is 6. The van der Waals surface area contributed by atoms with Crippen LogP contribution in [0.1, 0.15) is 18.4 Å². The fraction of sp³-hybridized carbons (Fsp3) is 0.583. The van der Waals surface area contributed by atoms with Crippen LogP contribution in [0, 0.1) is 0 Å². The van der Waals surface area contributed by atoms with E-state index >= 15 is 0 Å². The van der Waals surface area contributed by atoms with E-state index in [1.807, 2.05) is 0 Å². The number of hydrogen-bond donors (Lipinski definition) is 1. The van der Waals surface area contributed by atoms with Crippen LogP contribution in [-0.2, 0) is 11.3 Å². The van der Waals surface area contributed by atoms with Crippen molar-refractivity contribution in [3.05, 3.63) is 22.8 Å². The van der Waals surface area contributed by atoms with Gasteiger partial charge in [0.15, 0.2) is 0 Å². The normalized spacial score (nSPS) is 15.0. The Hall–Kier alpha value is -0.840. The molecule has 1 saturated carbocycles. The van der Waals surface area contributed by atoms with Crippen molar-refractivity contribution in [3.63, 3.8) is 0 Å². The Morgan fingerprint density at radius 3 is 2.88 bits per heavy atom. The molecule has 1 fully saturated rings. The van der Waals surface area contributed by atoms with Gasteiger partial charge >= 0.3 is 0 Å². The van der Waals surface area contributed by atoms with Crippen LogP contribution in [0.2, 0.25) is 5.02 Å². The number of aliphatic hydroxyl groups is 1. The van der Waals surface area contributed by atoms with Crippen LogP contribution < -0.4 is 4.90 Å². The van der Waals surface area contributed by atoms with Crippen LogP contribution in [0.3, 0.4) is 0 Å². The molecule has 5 heteroatoms. The van der Waals surface area contributed by atoms with E-state index < -0.39 is 0 Å². The molecule has 1 aliphatic rings. The largest absolute Gasteiger partial charge is 0.392 e. The van der Waals surface area contributed by atoms with Gasteiger partial charge in [-0.15, -0.1) is 0 Å². The smallest absolute Gasteiger partial charge is 0.147 e. The lowest BCUT2D eigenvalue weighted by Gasteiger charge is -2.24. The van der Waals surface area contributed by atoms with E-state index in [0.717, 1.165) is 17.9 Å². The van der Waals surface area contributed by atoms with E-state index in [1.54, 1.807) is 19.4 Å². The van der Waals surface area contributed by atoms with Gasteiger partial charge in [-0.05, 0) is 24.5 Å². The minimum absolute atomic E-state index is 0.0332. The minimum Gasteiger partial charge on any atom is -0.392 e. The first kappa shape index (κ1) is 12.6. The van der Waals surface area contributed by atoms with Crippen molar-refractivity contribution in [2.45, 2.75) is 25.5 Å². The molecule has 1 N–H and O–H groups in total. The molecule has 0 unspecified atom stereocenters. The van der Waals surface area contributed by atoms with Crippen LogP contribution in [-0.4, -0.2) is 36.4 Å².